The van der Waals surface area contributed by atoms with Crippen molar-refractivity contribution in [1.29, 1.82) is 0 Å². The molecule has 79 heavy (non-hydrogen) atoms. The van der Waals surface area contributed by atoms with Gasteiger partial charge in [-0.25, -0.2) is 0 Å². The SMILES string of the molecule is Cc1ccc2c(c1)C(C)(CCCCCC(=O)NCCCOCCOCCOCCCNC(=O)CNC(=O)CNC(=O)CN)C(=CC=CC=CC1=[N+](CCCS(=O)(=O)O)c3ccc(S(=O)(=O)O)cc3C1(C)C)N2CCCS(=O)(=O)O. The summed E-state index contributed by atoms with van der Waals surface area (Å²) in [5.74, 6) is -2.28. The molecule has 0 spiro atoms. The number of aryl methyl sites for hydroxylation is 1. The molecule has 23 nitrogen and oxygen atoms in total. The molecule has 0 fully saturated rings. The monoisotopic (exact) mass is 1170 g/mol. The van der Waals surface area contributed by atoms with E-state index in [-0.39, 0.29) is 55.7 Å². The van der Waals surface area contributed by atoms with Crippen LogP contribution in [0.1, 0.15) is 95.2 Å². The van der Waals surface area contributed by atoms with Crippen LogP contribution in [0.15, 0.2) is 77.4 Å². The van der Waals surface area contributed by atoms with Crippen LogP contribution >= 0.6 is 0 Å². The molecule has 1 unspecified atom stereocenters. The summed E-state index contributed by atoms with van der Waals surface area (Å²) in [4.78, 5) is 49.1. The molecule has 9 N–H and O–H groups in total. The third kappa shape index (κ3) is 22.2. The molecule has 1 atom stereocenters. The predicted molar refractivity (Wildman–Crippen MR) is 299 cm³/mol. The zero-order valence-electron chi connectivity index (χ0n) is 45.7. The number of nitrogens with two attached hydrogens (primary N) is 1. The largest absolute Gasteiger partial charge is 0.379 e. The molecule has 4 amide bonds. The van der Waals surface area contributed by atoms with Gasteiger partial charge in [-0.15, -0.1) is 0 Å². The van der Waals surface area contributed by atoms with E-state index >= 15 is 0 Å². The van der Waals surface area contributed by atoms with Crippen molar-refractivity contribution in [2.45, 2.75) is 101 Å². The van der Waals surface area contributed by atoms with E-state index in [4.69, 9.17) is 19.9 Å². The van der Waals surface area contributed by atoms with Gasteiger partial charge >= 0.3 is 0 Å². The Morgan fingerprint density at radius 1 is 0.658 bits per heavy atom. The van der Waals surface area contributed by atoms with E-state index in [1.807, 2.05) is 67.9 Å². The minimum absolute atomic E-state index is 0.0506. The van der Waals surface area contributed by atoms with Gasteiger partial charge < -0.3 is 46.1 Å². The van der Waals surface area contributed by atoms with Crippen LogP contribution in [0.2, 0.25) is 0 Å². The topological polar surface area (TPSA) is 339 Å². The summed E-state index contributed by atoms with van der Waals surface area (Å²) in [6.07, 6.45) is 14.1. The van der Waals surface area contributed by atoms with Gasteiger partial charge in [0.1, 0.15) is 6.54 Å². The molecule has 0 saturated heterocycles. The third-order valence-electron chi connectivity index (χ3n) is 13.3. The molecule has 0 aromatic heterocycles. The molecule has 2 aromatic rings. The van der Waals surface area contributed by atoms with Gasteiger partial charge in [0.25, 0.3) is 30.4 Å². The van der Waals surface area contributed by atoms with Gasteiger partial charge in [-0.05, 0) is 89.6 Å². The number of carbonyl (C=O) groups excluding carboxylic acids is 4. The maximum absolute atomic E-state index is 12.7. The van der Waals surface area contributed by atoms with Crippen molar-refractivity contribution in [1.82, 2.24) is 21.3 Å². The van der Waals surface area contributed by atoms with Gasteiger partial charge in [0.2, 0.25) is 29.3 Å². The number of amides is 4. The summed E-state index contributed by atoms with van der Waals surface area (Å²) in [7, 11) is -13.0. The molecule has 2 aliphatic heterocycles. The number of nitrogens with one attached hydrogen (secondary N) is 4. The lowest BCUT2D eigenvalue weighted by molar-refractivity contribution is -0.437. The molecular formula is C53H80N7O16S3+. The minimum atomic E-state index is -4.52. The number of hydrogen-bond acceptors (Lipinski definition) is 15. The van der Waals surface area contributed by atoms with E-state index in [1.165, 1.54) is 12.1 Å². The van der Waals surface area contributed by atoms with Gasteiger partial charge in [0, 0.05) is 80.2 Å². The lowest BCUT2D eigenvalue weighted by Gasteiger charge is -2.30. The maximum atomic E-state index is 12.7. The smallest absolute Gasteiger partial charge is 0.294 e. The second-order valence-electron chi connectivity index (χ2n) is 20.0. The highest BCUT2D eigenvalue weighted by Gasteiger charge is 2.45. The lowest BCUT2D eigenvalue weighted by atomic mass is 9.76. The Kier molecular flexibility index (Phi) is 26.4. The quantitative estimate of drug-likeness (QED) is 0.0208. The molecule has 2 aliphatic rings. The molecular weight excluding hydrogens is 1090 g/mol. The Labute approximate surface area is 465 Å². The van der Waals surface area contributed by atoms with Gasteiger partial charge in [-0.2, -0.15) is 29.8 Å². The molecule has 26 heteroatoms. The fourth-order valence-corrected chi connectivity index (χ4v) is 10.8. The van der Waals surface area contributed by atoms with Crippen molar-refractivity contribution in [3.8, 4) is 0 Å². The Bertz CT molecular complexity index is 2890. The van der Waals surface area contributed by atoms with Crippen molar-refractivity contribution >= 4 is 71.1 Å². The molecule has 0 bridgehead atoms. The summed E-state index contributed by atoms with van der Waals surface area (Å²) in [5, 5.41) is 10.3. The first-order valence-electron chi connectivity index (χ1n) is 26.4. The van der Waals surface area contributed by atoms with Crippen LogP contribution in [0.4, 0.5) is 11.4 Å². The molecule has 440 valence electrons. The van der Waals surface area contributed by atoms with Gasteiger partial charge in [-0.1, -0.05) is 48.8 Å². The van der Waals surface area contributed by atoms with Crippen molar-refractivity contribution in [3.63, 3.8) is 0 Å². The molecule has 0 radical (unpaired) electrons. The van der Waals surface area contributed by atoms with Crippen LogP contribution in [0.25, 0.3) is 0 Å². The third-order valence-corrected chi connectivity index (χ3v) is 15.8. The van der Waals surface area contributed by atoms with E-state index < -0.39 is 64.5 Å². The van der Waals surface area contributed by atoms with E-state index in [2.05, 4.69) is 39.2 Å². The van der Waals surface area contributed by atoms with E-state index in [0.717, 1.165) is 41.1 Å². The molecule has 2 heterocycles. The first kappa shape index (κ1) is 66.1. The Balaban J connectivity index is 1.24. The number of ether oxygens (including phenoxy) is 3. The van der Waals surface area contributed by atoms with Gasteiger partial charge in [0.05, 0.1) is 67.9 Å². The average molecular weight is 1170 g/mol. The number of carbonyl (C=O) groups is 4. The van der Waals surface area contributed by atoms with Crippen LogP contribution in [-0.4, -0.2) is 170 Å². The number of unbranched alkanes of at least 4 members (excludes halogenated alkanes) is 2. The summed E-state index contributed by atoms with van der Waals surface area (Å²) in [6.45, 7) is 10.9. The fraction of sp³-hybridized carbons (Fsp3) is 0.566. The van der Waals surface area contributed by atoms with Crippen molar-refractivity contribution in [2.24, 2.45) is 5.73 Å². The van der Waals surface area contributed by atoms with Crippen molar-refractivity contribution < 1.29 is 76.9 Å². The summed E-state index contributed by atoms with van der Waals surface area (Å²) in [6, 6.07) is 10.4. The number of anilines is 1. The van der Waals surface area contributed by atoms with Crippen LogP contribution in [0.3, 0.4) is 0 Å². The van der Waals surface area contributed by atoms with Crippen LogP contribution in [0.5, 0.6) is 0 Å². The standard InChI is InChI=1S/C53H79N7O16S3/c1-40-18-20-45-43(35-40)53(4,22-10-6-9-17-48(61)55-23-11-27-74-29-31-76-32-30-75-28-12-24-56-50(63)38-58-51(64)39-57-49(62)37-54)47(60(45)26-14-34-78(68,69)70)16-8-5-7-15-46-52(2,3)42-36-41(79(71,72)73)19-21-44(42)59(46)25-13-33-77(65,66)67/h5,7-8,15-16,18-21,35-36H,6,9-14,17,22-34,37-39,54H2,1-4H3,(H6-,55,56,57,58,61,62,63,64,65,66,67,68,69,70,71,72,73)/p+1. The van der Waals surface area contributed by atoms with Crippen molar-refractivity contribution in [2.75, 3.05) is 102 Å². The number of rotatable bonds is 37. The van der Waals surface area contributed by atoms with Crippen molar-refractivity contribution in [3.05, 3.63) is 89.2 Å². The maximum Gasteiger partial charge on any atom is 0.294 e. The van der Waals surface area contributed by atoms with Gasteiger partial charge in [0.15, 0.2) is 5.71 Å². The van der Waals surface area contributed by atoms with E-state index in [1.54, 1.807) is 6.07 Å². The zero-order valence-corrected chi connectivity index (χ0v) is 48.1. The van der Waals surface area contributed by atoms with Crippen LogP contribution < -0.4 is 31.9 Å². The minimum Gasteiger partial charge on any atom is -0.379 e. The first-order valence-corrected chi connectivity index (χ1v) is 31.0. The second-order valence-corrected chi connectivity index (χ2v) is 24.5. The number of hydrogen-bond donors (Lipinski definition) is 8. The highest BCUT2D eigenvalue weighted by atomic mass is 32.2. The molecule has 0 saturated carbocycles. The normalized spacial score (nSPS) is 16.7. The highest BCUT2D eigenvalue weighted by Crippen LogP contribution is 2.51. The number of benzene rings is 2. The number of nitrogens with zero attached hydrogens (tertiary/aromatic N) is 2. The molecule has 4 rings (SSSR count). The lowest BCUT2D eigenvalue weighted by Crippen LogP contribution is -2.43. The summed E-state index contributed by atoms with van der Waals surface area (Å²) < 4.78 is 118. The predicted octanol–water partition coefficient (Wildman–Crippen LogP) is 3.15. The van der Waals surface area contributed by atoms with E-state index in [9.17, 15) is 58.1 Å². The summed E-state index contributed by atoms with van der Waals surface area (Å²) in [5.41, 5.74) is 9.78. The summed E-state index contributed by atoms with van der Waals surface area (Å²) >= 11 is 0. The van der Waals surface area contributed by atoms with Gasteiger partial charge in [-0.3, -0.25) is 32.8 Å². The number of fused-ring (bicyclic) bond motifs is 2. The Morgan fingerprint density at radius 3 is 1.87 bits per heavy atom. The Hall–Kier alpha value is -5.42. The molecule has 0 aliphatic carbocycles. The second kappa shape index (κ2) is 31.5. The fourth-order valence-electron chi connectivity index (χ4n) is 9.32. The molecule has 2 aromatic carbocycles. The Morgan fingerprint density at radius 2 is 1.25 bits per heavy atom. The average Bonchev–Trinajstić information content (AvgIpc) is 3.98. The number of allylic oxidation sites excluding steroid dienone is 6. The van der Waals surface area contributed by atoms with Crippen LogP contribution in [-0.2, 0) is 74.6 Å². The van der Waals surface area contributed by atoms with Crippen LogP contribution in [0, 0.1) is 6.92 Å². The van der Waals surface area contributed by atoms with E-state index in [0.29, 0.717) is 103 Å². The zero-order chi connectivity index (χ0) is 58.3. The highest BCUT2D eigenvalue weighted by molar-refractivity contribution is 7.86. The first-order chi connectivity index (χ1) is 37.3.